The van der Waals surface area contributed by atoms with Crippen LogP contribution >= 0.6 is 0 Å². The van der Waals surface area contributed by atoms with E-state index in [4.69, 9.17) is 15.2 Å². The van der Waals surface area contributed by atoms with Crippen molar-refractivity contribution in [3.05, 3.63) is 65.2 Å². The zero-order valence-electron chi connectivity index (χ0n) is 14.2. The van der Waals surface area contributed by atoms with E-state index in [1.165, 1.54) is 5.56 Å². The Morgan fingerprint density at radius 2 is 1.80 bits per heavy atom. The Morgan fingerprint density at radius 3 is 2.48 bits per heavy atom. The van der Waals surface area contributed by atoms with Crippen LogP contribution in [0.15, 0.2) is 48.5 Å². The van der Waals surface area contributed by atoms with Crippen LogP contribution in [0.3, 0.4) is 0 Å². The number of ether oxygens (including phenoxy) is 2. The van der Waals surface area contributed by atoms with Gasteiger partial charge in [-0.2, -0.15) is 0 Å². The van der Waals surface area contributed by atoms with Crippen LogP contribution in [0.4, 0.5) is 4.79 Å². The topological polar surface area (TPSA) is 90.7 Å². The molecule has 0 spiro atoms. The molecule has 0 aliphatic heterocycles. The fraction of sp³-hybridized carbons (Fsp3) is 0.263. The molecule has 0 aromatic heterocycles. The summed E-state index contributed by atoms with van der Waals surface area (Å²) in [7, 11) is 0. The number of urea groups is 1. The van der Waals surface area contributed by atoms with Crippen LogP contribution in [0.25, 0.3) is 0 Å². The molecule has 0 saturated carbocycles. The Balaban J connectivity index is 1.75. The summed E-state index contributed by atoms with van der Waals surface area (Å²) in [6.45, 7) is 2.85. The smallest absolute Gasteiger partial charge is 0.338 e. The first-order chi connectivity index (χ1) is 12.1. The van der Waals surface area contributed by atoms with E-state index in [0.29, 0.717) is 18.7 Å². The second-order valence-electron chi connectivity index (χ2n) is 5.40. The molecule has 0 aliphatic carbocycles. The number of carbonyl (C=O) groups excluding carboxylic acids is 2. The fourth-order valence-corrected chi connectivity index (χ4v) is 2.18. The summed E-state index contributed by atoms with van der Waals surface area (Å²) in [6.07, 6.45) is 0.942. The van der Waals surface area contributed by atoms with Crippen molar-refractivity contribution in [1.82, 2.24) is 5.32 Å². The molecular formula is C19H22N2O4. The number of carbonyl (C=O) groups is 2. The zero-order valence-corrected chi connectivity index (χ0v) is 14.2. The number of hydrogen-bond acceptors (Lipinski definition) is 4. The average Bonchev–Trinajstić information content (AvgIpc) is 2.64. The van der Waals surface area contributed by atoms with Crippen LogP contribution in [-0.4, -0.2) is 25.2 Å². The van der Waals surface area contributed by atoms with Crippen LogP contribution in [0.2, 0.25) is 0 Å². The Hall–Kier alpha value is -3.02. The monoisotopic (exact) mass is 342 g/mol. The largest absolute Gasteiger partial charge is 0.490 e. The van der Waals surface area contributed by atoms with Gasteiger partial charge in [-0.15, -0.1) is 0 Å². The van der Waals surface area contributed by atoms with Gasteiger partial charge in [-0.05, 0) is 41.8 Å². The minimum atomic E-state index is -0.590. The highest BCUT2D eigenvalue weighted by Crippen LogP contribution is 2.13. The van der Waals surface area contributed by atoms with Crippen molar-refractivity contribution in [2.75, 3.05) is 13.2 Å². The van der Waals surface area contributed by atoms with E-state index in [1.54, 1.807) is 24.3 Å². The Bertz CT molecular complexity index is 714. The number of hydrogen-bond donors (Lipinski definition) is 2. The number of amides is 2. The second kappa shape index (κ2) is 9.32. The van der Waals surface area contributed by atoms with Gasteiger partial charge in [0, 0.05) is 6.54 Å². The third-order valence-corrected chi connectivity index (χ3v) is 3.55. The first kappa shape index (κ1) is 18.3. The lowest BCUT2D eigenvalue weighted by Crippen LogP contribution is -2.28. The number of primary amides is 1. The Labute approximate surface area is 146 Å². The number of aryl methyl sites for hydroxylation is 1. The molecule has 0 heterocycles. The van der Waals surface area contributed by atoms with E-state index < -0.39 is 12.0 Å². The van der Waals surface area contributed by atoms with Crippen LogP contribution in [0.5, 0.6) is 5.75 Å². The molecule has 3 N–H and O–H groups in total. The normalized spacial score (nSPS) is 10.1. The van der Waals surface area contributed by atoms with Crippen molar-refractivity contribution in [1.29, 1.82) is 0 Å². The average molecular weight is 342 g/mol. The molecule has 6 heteroatoms. The molecule has 2 aromatic rings. The van der Waals surface area contributed by atoms with E-state index in [-0.39, 0.29) is 6.61 Å². The van der Waals surface area contributed by atoms with E-state index in [0.717, 1.165) is 17.7 Å². The van der Waals surface area contributed by atoms with Crippen LogP contribution in [-0.2, 0) is 17.7 Å². The predicted octanol–water partition coefficient (Wildman–Crippen LogP) is 2.65. The van der Waals surface area contributed by atoms with Gasteiger partial charge in [0.15, 0.2) is 0 Å². The lowest BCUT2D eigenvalue weighted by Gasteiger charge is -2.09. The van der Waals surface area contributed by atoms with Gasteiger partial charge in [0.25, 0.3) is 0 Å². The van der Waals surface area contributed by atoms with Crippen molar-refractivity contribution < 1.29 is 19.1 Å². The van der Waals surface area contributed by atoms with Crippen molar-refractivity contribution in [2.24, 2.45) is 5.73 Å². The molecule has 2 amide bonds. The zero-order chi connectivity index (χ0) is 18.1. The van der Waals surface area contributed by atoms with Crippen molar-refractivity contribution in [2.45, 2.75) is 19.9 Å². The third kappa shape index (κ3) is 6.18. The van der Waals surface area contributed by atoms with Crippen LogP contribution in [0, 0.1) is 0 Å². The maximum Gasteiger partial charge on any atom is 0.338 e. The highest BCUT2D eigenvalue weighted by Gasteiger charge is 2.07. The first-order valence-electron chi connectivity index (χ1n) is 8.09. The maximum atomic E-state index is 12.0. The van der Waals surface area contributed by atoms with E-state index in [1.807, 2.05) is 24.3 Å². The molecule has 0 bridgehead atoms. The highest BCUT2D eigenvalue weighted by atomic mass is 16.6. The molecular weight excluding hydrogens is 320 g/mol. The van der Waals surface area contributed by atoms with Crippen LogP contribution < -0.4 is 15.8 Å². The molecule has 2 rings (SSSR count). The molecule has 0 saturated heterocycles. The Kier molecular flexibility index (Phi) is 6.83. The molecule has 6 nitrogen and oxygen atoms in total. The predicted molar refractivity (Wildman–Crippen MR) is 94.5 cm³/mol. The molecule has 0 unspecified atom stereocenters. The minimum Gasteiger partial charge on any atom is -0.490 e. The lowest BCUT2D eigenvalue weighted by molar-refractivity contribution is 0.0450. The highest BCUT2D eigenvalue weighted by molar-refractivity contribution is 5.89. The van der Waals surface area contributed by atoms with Gasteiger partial charge in [0.05, 0.1) is 5.56 Å². The van der Waals surface area contributed by atoms with Gasteiger partial charge < -0.3 is 20.5 Å². The molecule has 2 aromatic carbocycles. The molecule has 132 valence electrons. The number of nitrogens with two attached hydrogens (primary N) is 1. The molecule has 0 atom stereocenters. The third-order valence-electron chi connectivity index (χ3n) is 3.55. The number of esters is 1. The molecule has 0 fully saturated rings. The van der Waals surface area contributed by atoms with Gasteiger partial charge in [-0.3, -0.25) is 0 Å². The van der Waals surface area contributed by atoms with Gasteiger partial charge in [-0.1, -0.05) is 31.2 Å². The number of nitrogens with one attached hydrogen (secondary N) is 1. The van der Waals surface area contributed by atoms with E-state index in [9.17, 15) is 9.59 Å². The van der Waals surface area contributed by atoms with E-state index >= 15 is 0 Å². The minimum absolute atomic E-state index is 0.167. The van der Waals surface area contributed by atoms with Crippen molar-refractivity contribution in [3.8, 4) is 5.75 Å². The molecule has 25 heavy (non-hydrogen) atoms. The maximum absolute atomic E-state index is 12.0. The Morgan fingerprint density at radius 1 is 1.04 bits per heavy atom. The second-order valence-corrected chi connectivity index (χ2v) is 5.40. The van der Waals surface area contributed by atoms with Crippen molar-refractivity contribution in [3.63, 3.8) is 0 Å². The van der Waals surface area contributed by atoms with Crippen molar-refractivity contribution >= 4 is 12.0 Å². The molecule has 0 aliphatic rings. The van der Waals surface area contributed by atoms with Gasteiger partial charge >= 0.3 is 12.0 Å². The quantitative estimate of drug-likeness (QED) is 0.570. The first-order valence-corrected chi connectivity index (χ1v) is 8.09. The summed E-state index contributed by atoms with van der Waals surface area (Å²) in [4.78, 5) is 22.6. The number of benzene rings is 2. The van der Waals surface area contributed by atoms with Gasteiger partial charge in [0.2, 0.25) is 0 Å². The summed E-state index contributed by atoms with van der Waals surface area (Å²) in [5.74, 6) is 0.349. The fourth-order valence-electron chi connectivity index (χ4n) is 2.18. The standard InChI is InChI=1S/C19H22N2O4/c1-2-14-4-3-5-17(12-14)24-10-11-25-18(22)16-8-6-15(7-9-16)13-21-19(20)23/h3-9,12H,2,10-11,13H2,1H3,(H3,20,21,23). The molecule has 0 radical (unpaired) electrons. The van der Waals surface area contributed by atoms with Crippen LogP contribution in [0.1, 0.15) is 28.4 Å². The summed E-state index contributed by atoms with van der Waals surface area (Å²) in [5, 5.41) is 2.48. The van der Waals surface area contributed by atoms with Gasteiger partial charge in [-0.25, -0.2) is 9.59 Å². The van der Waals surface area contributed by atoms with E-state index in [2.05, 4.69) is 12.2 Å². The lowest BCUT2D eigenvalue weighted by atomic mass is 10.1. The summed E-state index contributed by atoms with van der Waals surface area (Å²) >= 11 is 0. The summed E-state index contributed by atoms with van der Waals surface area (Å²) in [5.41, 5.74) is 7.49. The summed E-state index contributed by atoms with van der Waals surface area (Å²) < 4.78 is 10.8. The summed E-state index contributed by atoms with van der Waals surface area (Å²) in [6, 6.07) is 14.0. The number of rotatable bonds is 8. The SMILES string of the molecule is CCc1cccc(OCCOC(=O)c2ccc(CNC(N)=O)cc2)c1. The van der Waals surface area contributed by atoms with Gasteiger partial charge in [0.1, 0.15) is 19.0 Å².